The number of hydrogen-bond donors (Lipinski definition) is 3. The van der Waals surface area contributed by atoms with Crippen LogP contribution in [0.3, 0.4) is 0 Å². The maximum absolute atomic E-state index is 14.1. The van der Waals surface area contributed by atoms with Gasteiger partial charge in [0.15, 0.2) is 5.82 Å². The van der Waals surface area contributed by atoms with Crippen LogP contribution in [0.1, 0.15) is 30.5 Å². The van der Waals surface area contributed by atoms with Crippen LogP contribution in [0.25, 0.3) is 10.9 Å². The van der Waals surface area contributed by atoms with Gasteiger partial charge in [-0.15, -0.1) is 0 Å². The van der Waals surface area contributed by atoms with Gasteiger partial charge in [-0.2, -0.15) is 5.10 Å². The summed E-state index contributed by atoms with van der Waals surface area (Å²) in [5.74, 6) is -0.223. The number of likely N-dealkylation sites (N-methyl/N-ethyl adjacent to an activating group) is 1. The molecule has 0 fully saturated rings. The molecule has 0 spiro atoms. The second-order valence-corrected chi connectivity index (χ2v) is 11.4. The van der Waals surface area contributed by atoms with Gasteiger partial charge in [0.1, 0.15) is 11.6 Å². The normalized spacial score (nSPS) is 11.9. The van der Waals surface area contributed by atoms with Crippen LogP contribution in [0.5, 0.6) is 5.75 Å². The van der Waals surface area contributed by atoms with Crippen molar-refractivity contribution in [2.45, 2.75) is 44.3 Å². The van der Waals surface area contributed by atoms with Crippen molar-refractivity contribution in [1.82, 2.24) is 20.4 Å². The van der Waals surface area contributed by atoms with Gasteiger partial charge in [-0.05, 0) is 68.8 Å². The number of hydrogen-bond acceptors (Lipinski definition) is 6. The van der Waals surface area contributed by atoms with Crippen LogP contribution in [-0.4, -0.2) is 43.8 Å². The standard InChI is InChI=1S/C28H32FN5O4S/c1-18-12-13-21(15-22(18)29)39(36,37)33-26-25-23(10-7-11-24(25)38-5)34(32-26)17-20-9-6-8-19(14-20)16-31-27(35)28(2,3)30-4/h6-15,30H,16-17H2,1-5H3,(H,31,35)(H,32,33). The molecular formula is C28H32FN5O4S. The smallest absolute Gasteiger partial charge is 0.263 e. The lowest BCUT2D eigenvalue weighted by atomic mass is 10.0. The predicted octanol–water partition coefficient (Wildman–Crippen LogP) is 3.96. The Balaban J connectivity index is 1.65. The number of amides is 1. The van der Waals surface area contributed by atoms with Crippen molar-refractivity contribution >= 4 is 32.7 Å². The van der Waals surface area contributed by atoms with E-state index in [0.29, 0.717) is 35.3 Å². The average Bonchev–Trinajstić information content (AvgIpc) is 3.25. The number of nitrogens with zero attached hydrogens (tertiary/aromatic N) is 2. The van der Waals surface area contributed by atoms with E-state index in [1.165, 1.54) is 19.2 Å². The van der Waals surface area contributed by atoms with E-state index in [0.717, 1.165) is 17.2 Å². The van der Waals surface area contributed by atoms with Crippen molar-refractivity contribution in [3.05, 3.63) is 83.2 Å². The summed E-state index contributed by atoms with van der Waals surface area (Å²) in [6, 6.07) is 16.8. The largest absolute Gasteiger partial charge is 0.496 e. The molecule has 9 nitrogen and oxygen atoms in total. The first-order valence-corrected chi connectivity index (χ1v) is 13.8. The predicted molar refractivity (Wildman–Crippen MR) is 149 cm³/mol. The lowest BCUT2D eigenvalue weighted by Gasteiger charge is -2.22. The van der Waals surface area contributed by atoms with E-state index >= 15 is 0 Å². The molecule has 0 radical (unpaired) electrons. The Morgan fingerprint density at radius 1 is 1.08 bits per heavy atom. The van der Waals surface area contributed by atoms with Crippen LogP contribution in [0, 0.1) is 12.7 Å². The van der Waals surface area contributed by atoms with Crippen LogP contribution in [0.15, 0.2) is 65.6 Å². The van der Waals surface area contributed by atoms with Gasteiger partial charge in [0.2, 0.25) is 5.91 Å². The summed E-state index contributed by atoms with van der Waals surface area (Å²) in [4.78, 5) is 12.2. The zero-order valence-electron chi connectivity index (χ0n) is 22.5. The van der Waals surface area contributed by atoms with Crippen molar-refractivity contribution in [3.8, 4) is 5.75 Å². The Morgan fingerprint density at radius 2 is 1.79 bits per heavy atom. The second-order valence-electron chi connectivity index (χ2n) is 9.75. The van der Waals surface area contributed by atoms with Gasteiger partial charge >= 0.3 is 0 Å². The summed E-state index contributed by atoms with van der Waals surface area (Å²) in [5, 5.41) is 11.0. The molecule has 0 saturated carbocycles. The molecule has 0 aliphatic rings. The highest BCUT2D eigenvalue weighted by molar-refractivity contribution is 7.92. The monoisotopic (exact) mass is 553 g/mol. The highest BCUT2D eigenvalue weighted by atomic mass is 32.2. The average molecular weight is 554 g/mol. The highest BCUT2D eigenvalue weighted by Gasteiger charge is 2.25. The number of benzene rings is 3. The maximum Gasteiger partial charge on any atom is 0.263 e. The Morgan fingerprint density at radius 3 is 2.49 bits per heavy atom. The number of nitrogens with one attached hydrogen (secondary N) is 3. The lowest BCUT2D eigenvalue weighted by molar-refractivity contribution is -0.126. The lowest BCUT2D eigenvalue weighted by Crippen LogP contribution is -2.50. The minimum atomic E-state index is -4.13. The molecule has 206 valence electrons. The molecular weight excluding hydrogens is 521 g/mol. The van der Waals surface area contributed by atoms with Crippen LogP contribution in [0.4, 0.5) is 10.2 Å². The summed E-state index contributed by atoms with van der Waals surface area (Å²) in [6.45, 7) is 5.84. The molecule has 0 atom stereocenters. The van der Waals surface area contributed by atoms with Crippen molar-refractivity contribution < 1.29 is 22.3 Å². The van der Waals surface area contributed by atoms with Gasteiger partial charge in [-0.1, -0.05) is 36.4 Å². The number of carbonyl (C=O) groups is 1. The van der Waals surface area contributed by atoms with Gasteiger partial charge < -0.3 is 15.4 Å². The van der Waals surface area contributed by atoms with Gasteiger partial charge in [0, 0.05) is 6.54 Å². The molecule has 0 unspecified atom stereocenters. The third-order valence-electron chi connectivity index (χ3n) is 6.61. The molecule has 0 aliphatic carbocycles. The Hall–Kier alpha value is -3.96. The van der Waals surface area contributed by atoms with E-state index in [9.17, 15) is 17.6 Å². The van der Waals surface area contributed by atoms with Crippen molar-refractivity contribution in [1.29, 1.82) is 0 Å². The van der Waals surface area contributed by atoms with E-state index in [-0.39, 0.29) is 16.6 Å². The summed E-state index contributed by atoms with van der Waals surface area (Å²) < 4.78 is 50.1. The maximum atomic E-state index is 14.1. The molecule has 4 aromatic rings. The highest BCUT2D eigenvalue weighted by Crippen LogP contribution is 2.34. The number of halogens is 1. The van der Waals surface area contributed by atoms with Gasteiger partial charge in [-0.3, -0.25) is 14.2 Å². The molecule has 1 heterocycles. The first kappa shape index (κ1) is 28.1. The minimum Gasteiger partial charge on any atom is -0.496 e. The van der Waals surface area contributed by atoms with Gasteiger partial charge in [0.25, 0.3) is 10.0 Å². The number of aromatic nitrogens is 2. The third-order valence-corrected chi connectivity index (χ3v) is 7.95. The van der Waals surface area contributed by atoms with E-state index in [2.05, 4.69) is 20.5 Å². The molecule has 0 bridgehead atoms. The number of ether oxygens (including phenoxy) is 1. The van der Waals surface area contributed by atoms with Crippen LogP contribution in [-0.2, 0) is 27.9 Å². The summed E-state index contributed by atoms with van der Waals surface area (Å²) >= 11 is 0. The first-order valence-electron chi connectivity index (χ1n) is 12.3. The fraction of sp³-hybridized carbons (Fsp3) is 0.286. The molecule has 1 amide bonds. The van der Waals surface area contributed by atoms with Gasteiger partial charge in [0.05, 0.1) is 35.0 Å². The van der Waals surface area contributed by atoms with Gasteiger partial charge in [-0.25, -0.2) is 12.8 Å². The van der Waals surface area contributed by atoms with Crippen LogP contribution < -0.4 is 20.1 Å². The molecule has 0 saturated heterocycles. The number of methoxy groups -OCH3 is 1. The number of sulfonamides is 1. The quantitative estimate of drug-likeness (QED) is 0.274. The Bertz CT molecular complexity index is 1630. The minimum absolute atomic E-state index is 0.0705. The van der Waals surface area contributed by atoms with Crippen LogP contribution in [0.2, 0.25) is 0 Å². The fourth-order valence-corrected chi connectivity index (χ4v) is 5.04. The molecule has 11 heteroatoms. The Labute approximate surface area is 227 Å². The summed E-state index contributed by atoms with van der Waals surface area (Å²) in [7, 11) is -0.906. The van der Waals surface area contributed by atoms with Crippen molar-refractivity contribution in [2.24, 2.45) is 0 Å². The molecule has 39 heavy (non-hydrogen) atoms. The number of aryl methyl sites for hydroxylation is 1. The van der Waals surface area contributed by atoms with Crippen molar-refractivity contribution in [3.63, 3.8) is 0 Å². The first-order chi connectivity index (χ1) is 18.4. The molecule has 3 aromatic carbocycles. The van der Waals surface area contributed by atoms with E-state index in [1.807, 2.05) is 30.3 Å². The zero-order valence-corrected chi connectivity index (χ0v) is 23.3. The topological polar surface area (TPSA) is 114 Å². The number of rotatable bonds is 10. The second kappa shape index (κ2) is 11.0. The van der Waals surface area contributed by atoms with E-state index < -0.39 is 21.4 Å². The SMILES string of the molecule is CNC(C)(C)C(=O)NCc1cccc(Cn2nc(NS(=O)(=O)c3ccc(C)c(F)c3)c3c(OC)cccc32)c1. The van der Waals surface area contributed by atoms with Crippen LogP contribution >= 0.6 is 0 Å². The molecule has 1 aromatic heterocycles. The fourth-order valence-electron chi connectivity index (χ4n) is 4.01. The molecule has 4 rings (SSSR count). The summed E-state index contributed by atoms with van der Waals surface area (Å²) in [6.07, 6.45) is 0. The Kier molecular flexibility index (Phi) is 7.94. The number of anilines is 1. The number of carbonyl (C=O) groups excluding carboxylic acids is 1. The van der Waals surface area contributed by atoms with E-state index in [1.54, 1.807) is 44.6 Å². The molecule has 0 aliphatic heterocycles. The number of fused-ring (bicyclic) bond motifs is 1. The zero-order chi connectivity index (χ0) is 28.4. The summed E-state index contributed by atoms with van der Waals surface area (Å²) in [5.41, 5.74) is 2.11. The van der Waals surface area contributed by atoms with Crippen molar-refractivity contribution in [2.75, 3.05) is 18.9 Å². The molecule has 3 N–H and O–H groups in total. The third kappa shape index (κ3) is 6.04. The van der Waals surface area contributed by atoms with E-state index in [4.69, 9.17) is 4.74 Å².